The Labute approximate surface area is 151 Å². The molecule has 0 spiro atoms. The summed E-state index contributed by atoms with van der Waals surface area (Å²) in [4.78, 5) is 0. The Kier molecular flexibility index (Phi) is 8.47. The molecule has 2 rings (SSSR count). The molecule has 137 valence electrons. The number of oxime groups is 2. The van der Waals surface area contributed by atoms with E-state index in [0.29, 0.717) is 0 Å². The van der Waals surface area contributed by atoms with Crippen molar-refractivity contribution in [3.8, 4) is 34.5 Å². The Hall–Kier alpha value is -3.30. The van der Waals surface area contributed by atoms with Crippen molar-refractivity contribution in [2.75, 3.05) is 0 Å². The number of phenolic OH excluding ortho intramolecular Hbond substituents is 2. The number of aromatic hydroxyl groups is 2. The third-order valence-electron chi connectivity index (χ3n) is 2.73. The SMILES string of the molecule is [Cu+2].[O-]c1c(O)ccc(/C=N/O)c1[OH2+].[O-]c1c(O)ccc(/C=N/O)c1[OH2+]. The molecule has 0 aliphatic carbocycles. The van der Waals surface area contributed by atoms with Crippen molar-refractivity contribution >= 4 is 12.4 Å². The van der Waals surface area contributed by atoms with Gasteiger partial charge in [0.25, 0.3) is 11.5 Å². The Morgan fingerprint density at radius 3 is 1.36 bits per heavy atom. The fourth-order valence-corrected chi connectivity index (χ4v) is 1.51. The maximum Gasteiger partial charge on any atom is 2.00 e. The second-order valence-electron chi connectivity index (χ2n) is 4.25. The third-order valence-corrected chi connectivity index (χ3v) is 2.73. The first-order chi connectivity index (χ1) is 11.3. The zero-order chi connectivity index (χ0) is 18.3. The van der Waals surface area contributed by atoms with Crippen molar-refractivity contribution in [2.24, 2.45) is 10.3 Å². The molecule has 25 heavy (non-hydrogen) atoms. The van der Waals surface area contributed by atoms with Gasteiger partial charge >= 0.3 is 17.1 Å². The molecule has 0 aliphatic rings. The van der Waals surface area contributed by atoms with Crippen LogP contribution in [0.1, 0.15) is 11.1 Å². The summed E-state index contributed by atoms with van der Waals surface area (Å²) in [5.74, 6) is -3.26. The number of nitrogens with zero attached hydrogens (tertiary/aromatic N) is 2. The van der Waals surface area contributed by atoms with E-state index in [1.165, 1.54) is 12.1 Å². The van der Waals surface area contributed by atoms with Gasteiger partial charge in [-0.3, -0.25) is 0 Å². The fraction of sp³-hybridized carbons (Fsp3) is 0. The van der Waals surface area contributed by atoms with E-state index in [4.69, 9.17) is 30.8 Å². The Bertz CT molecular complexity index is 714. The molecule has 0 saturated heterocycles. The summed E-state index contributed by atoms with van der Waals surface area (Å²) in [6, 6.07) is 4.94. The van der Waals surface area contributed by atoms with E-state index < -0.39 is 23.0 Å². The topological polar surface area (TPSA) is 198 Å². The molecule has 8 N–H and O–H groups in total. The van der Waals surface area contributed by atoms with E-state index in [9.17, 15) is 10.2 Å². The van der Waals surface area contributed by atoms with Gasteiger partial charge < -0.3 is 41.1 Å². The van der Waals surface area contributed by atoms with Crippen LogP contribution in [-0.4, -0.2) is 43.3 Å². The second kappa shape index (κ2) is 9.75. The molecule has 0 aromatic heterocycles. The Morgan fingerprint density at radius 2 is 1.08 bits per heavy atom. The molecule has 0 saturated carbocycles. The predicted molar refractivity (Wildman–Crippen MR) is 80.0 cm³/mol. The van der Waals surface area contributed by atoms with Gasteiger partial charge in [-0.1, -0.05) is 10.3 Å². The van der Waals surface area contributed by atoms with E-state index in [2.05, 4.69) is 10.3 Å². The molecule has 0 aliphatic heterocycles. The largest absolute Gasteiger partial charge is 2.00 e. The van der Waals surface area contributed by atoms with Crippen molar-refractivity contribution < 1.29 is 58.1 Å². The molecule has 11 heteroatoms. The van der Waals surface area contributed by atoms with Crippen LogP contribution in [0.2, 0.25) is 0 Å². The van der Waals surface area contributed by atoms with Crippen LogP contribution in [0.3, 0.4) is 0 Å². The molecular weight excluding hydrogens is 388 g/mol. The molecule has 0 heterocycles. The van der Waals surface area contributed by atoms with E-state index in [0.717, 1.165) is 24.6 Å². The van der Waals surface area contributed by atoms with Crippen LogP contribution >= 0.6 is 0 Å². The van der Waals surface area contributed by atoms with E-state index in [1.807, 2.05) is 0 Å². The molecule has 10 nitrogen and oxygen atoms in total. The van der Waals surface area contributed by atoms with E-state index in [1.54, 1.807) is 0 Å². The van der Waals surface area contributed by atoms with Gasteiger partial charge in [0.15, 0.2) is 0 Å². The summed E-state index contributed by atoms with van der Waals surface area (Å²) < 4.78 is 0. The monoisotopic (exact) mass is 401 g/mol. The normalized spacial score (nSPS) is 10.2. The maximum atomic E-state index is 10.9. The molecule has 0 bridgehead atoms. The van der Waals surface area contributed by atoms with Crippen LogP contribution in [0.25, 0.3) is 0 Å². The van der Waals surface area contributed by atoms with Crippen LogP contribution in [0.5, 0.6) is 34.5 Å². The first kappa shape index (κ1) is 21.7. The zero-order valence-corrected chi connectivity index (χ0v) is 13.2. The number of benzene rings is 2. The maximum absolute atomic E-state index is 10.9. The summed E-state index contributed by atoms with van der Waals surface area (Å²) in [6.45, 7) is 0. The van der Waals surface area contributed by atoms with Gasteiger partial charge in [-0.15, -0.1) is 0 Å². The van der Waals surface area contributed by atoms with Crippen molar-refractivity contribution in [2.45, 2.75) is 0 Å². The van der Waals surface area contributed by atoms with Crippen LogP contribution < -0.4 is 10.2 Å². The minimum Gasteiger partial charge on any atom is -0.864 e. The summed E-state index contributed by atoms with van der Waals surface area (Å²) in [7, 11) is 0. The van der Waals surface area contributed by atoms with Gasteiger partial charge in [-0.05, 0) is 24.3 Å². The summed E-state index contributed by atoms with van der Waals surface area (Å²) in [5, 5.41) is 75.4. The van der Waals surface area contributed by atoms with Gasteiger partial charge in [-0.25, -0.2) is 0 Å². The third kappa shape index (κ3) is 5.37. The van der Waals surface area contributed by atoms with Gasteiger partial charge in [0.2, 0.25) is 0 Å². The van der Waals surface area contributed by atoms with Crippen molar-refractivity contribution in [1.82, 2.24) is 0 Å². The molecule has 1 radical (unpaired) electrons. The average Bonchev–Trinajstić information content (AvgIpc) is 2.57. The van der Waals surface area contributed by atoms with Crippen LogP contribution in [0.15, 0.2) is 34.6 Å². The predicted octanol–water partition coefficient (Wildman–Crippen LogP) is -0.579. The van der Waals surface area contributed by atoms with Gasteiger partial charge in [0.05, 0.1) is 23.6 Å². The minimum absolute atomic E-state index is 0. The molecule has 2 aromatic carbocycles. The fourth-order valence-electron chi connectivity index (χ4n) is 1.51. The molecule has 0 amide bonds. The first-order valence-electron chi connectivity index (χ1n) is 6.17. The molecule has 2 aromatic rings. The Morgan fingerprint density at radius 1 is 0.760 bits per heavy atom. The smallest absolute Gasteiger partial charge is 0.864 e. The molecule has 0 unspecified atom stereocenters. The van der Waals surface area contributed by atoms with Crippen molar-refractivity contribution in [3.63, 3.8) is 0 Å². The van der Waals surface area contributed by atoms with Gasteiger partial charge in [-0.2, -0.15) is 0 Å². The number of phenols is 2. The van der Waals surface area contributed by atoms with Crippen LogP contribution in [0, 0.1) is 0 Å². The van der Waals surface area contributed by atoms with Gasteiger partial charge in [0.1, 0.15) is 11.5 Å². The summed E-state index contributed by atoms with van der Waals surface area (Å²) >= 11 is 0. The summed E-state index contributed by atoms with van der Waals surface area (Å²) in [6.07, 6.45) is 1.92. The number of hydrogen-bond acceptors (Lipinski definition) is 8. The standard InChI is InChI=1S/2C7H7NO4.Cu/c2*9-5-2-1-4(3-8-12)6(10)7(5)11;/h2*1-3,9-12H;/q;;+2/b2*8-3+;. The van der Waals surface area contributed by atoms with Crippen LogP contribution in [0.4, 0.5) is 0 Å². The number of rotatable bonds is 2. The van der Waals surface area contributed by atoms with Crippen molar-refractivity contribution in [3.05, 3.63) is 35.4 Å². The molecular formula is C14H14CuN2O8+2. The van der Waals surface area contributed by atoms with E-state index in [-0.39, 0.29) is 39.7 Å². The minimum atomic E-state index is -0.771. The number of hydrogen-bond donors (Lipinski definition) is 4. The van der Waals surface area contributed by atoms with Crippen LogP contribution in [-0.2, 0) is 17.1 Å². The zero-order valence-electron chi connectivity index (χ0n) is 12.3. The first-order valence-corrected chi connectivity index (χ1v) is 6.17. The van der Waals surface area contributed by atoms with Gasteiger partial charge in [0, 0.05) is 11.5 Å². The second-order valence-corrected chi connectivity index (χ2v) is 4.25. The molecule has 0 fully saturated rings. The van der Waals surface area contributed by atoms with Crippen molar-refractivity contribution in [1.29, 1.82) is 0 Å². The average molecular weight is 402 g/mol. The summed E-state index contributed by atoms with van der Waals surface area (Å²) in [5.41, 5.74) is 0.334. The Balaban J connectivity index is 0.000000443. The molecule has 0 atom stereocenters. The quantitative estimate of drug-likeness (QED) is 0.170. The van der Waals surface area contributed by atoms with E-state index >= 15 is 0 Å².